The number of rotatable bonds is 4. The molecule has 0 aliphatic rings. The molecular weight excluding hydrogens is 266 g/mol. The van der Waals surface area contributed by atoms with Crippen molar-refractivity contribution in [1.29, 1.82) is 10.5 Å². The van der Waals surface area contributed by atoms with E-state index < -0.39 is 0 Å². The molecule has 3 nitrogen and oxygen atoms in total. The average Bonchev–Trinajstić information content (AvgIpc) is 2.52. The number of anilines is 1. The van der Waals surface area contributed by atoms with Gasteiger partial charge in [0.1, 0.15) is 6.07 Å². The second kappa shape index (κ2) is 6.65. The molecule has 20 heavy (non-hydrogen) atoms. The summed E-state index contributed by atoms with van der Waals surface area (Å²) in [6.45, 7) is 0.585. The smallest absolute Gasteiger partial charge is 0.102 e. The Kier molecular flexibility index (Phi) is 4.65. The number of thioether (sulfide) groups is 1. The molecule has 0 heterocycles. The molecule has 0 aliphatic heterocycles. The number of hydrogen-bond donors (Lipinski definition) is 1. The number of nitrogens with zero attached hydrogens (tertiary/aromatic N) is 2. The van der Waals surface area contributed by atoms with Crippen LogP contribution in [0.4, 0.5) is 5.69 Å². The molecule has 2 aromatic rings. The lowest BCUT2D eigenvalue weighted by Gasteiger charge is -2.10. The third-order valence-corrected chi connectivity index (χ3v) is 3.68. The third kappa shape index (κ3) is 3.12. The fraction of sp³-hybridized carbons (Fsp3) is 0.125. The van der Waals surface area contributed by atoms with Gasteiger partial charge >= 0.3 is 0 Å². The summed E-state index contributed by atoms with van der Waals surface area (Å²) < 4.78 is 0. The van der Waals surface area contributed by atoms with Gasteiger partial charge in [-0.2, -0.15) is 10.5 Å². The molecule has 0 unspecified atom stereocenters. The monoisotopic (exact) mass is 279 g/mol. The maximum Gasteiger partial charge on any atom is 0.102 e. The molecule has 0 fully saturated rings. The molecule has 0 amide bonds. The zero-order valence-electron chi connectivity index (χ0n) is 11.1. The quantitative estimate of drug-likeness (QED) is 0.866. The predicted molar refractivity (Wildman–Crippen MR) is 81.4 cm³/mol. The third-order valence-electron chi connectivity index (χ3n) is 2.90. The minimum Gasteiger partial charge on any atom is -0.380 e. The molecule has 98 valence electrons. The number of nitriles is 2. The minimum atomic E-state index is 0.585. The van der Waals surface area contributed by atoms with Crippen LogP contribution in [0.15, 0.2) is 47.4 Å². The van der Waals surface area contributed by atoms with E-state index in [4.69, 9.17) is 5.26 Å². The first kappa shape index (κ1) is 14.0. The van der Waals surface area contributed by atoms with Gasteiger partial charge in [-0.3, -0.25) is 0 Å². The van der Waals surface area contributed by atoms with Crippen LogP contribution < -0.4 is 5.32 Å². The van der Waals surface area contributed by atoms with E-state index in [2.05, 4.69) is 17.5 Å². The van der Waals surface area contributed by atoms with Gasteiger partial charge in [0.05, 0.1) is 22.9 Å². The molecule has 0 spiro atoms. The van der Waals surface area contributed by atoms with Crippen LogP contribution in [-0.2, 0) is 6.54 Å². The molecule has 0 saturated carbocycles. The molecule has 0 radical (unpaired) electrons. The van der Waals surface area contributed by atoms with Gasteiger partial charge in [0.2, 0.25) is 0 Å². The van der Waals surface area contributed by atoms with E-state index in [1.807, 2.05) is 42.7 Å². The molecule has 0 saturated heterocycles. The van der Waals surface area contributed by atoms with Crippen LogP contribution >= 0.6 is 11.8 Å². The van der Waals surface area contributed by atoms with Crippen LogP contribution in [0.3, 0.4) is 0 Å². The van der Waals surface area contributed by atoms with Gasteiger partial charge in [-0.05, 0) is 36.1 Å². The standard InChI is InChI=1S/C16H13N3S/c1-20-16-7-3-6-15(14(16)10-18)19-11-13-5-2-4-12(8-13)9-17/h2-8,19H,11H2,1H3. The summed E-state index contributed by atoms with van der Waals surface area (Å²) in [7, 11) is 0. The zero-order chi connectivity index (χ0) is 14.4. The van der Waals surface area contributed by atoms with Crippen molar-refractivity contribution in [2.75, 3.05) is 11.6 Å². The average molecular weight is 279 g/mol. The van der Waals surface area contributed by atoms with Crippen molar-refractivity contribution in [3.8, 4) is 12.1 Å². The molecule has 0 aromatic heterocycles. The lowest BCUT2D eigenvalue weighted by atomic mass is 10.1. The fourth-order valence-electron chi connectivity index (χ4n) is 1.91. The van der Waals surface area contributed by atoms with Crippen LogP contribution in [0.25, 0.3) is 0 Å². The Morgan fingerprint density at radius 3 is 2.60 bits per heavy atom. The number of hydrogen-bond acceptors (Lipinski definition) is 4. The maximum absolute atomic E-state index is 9.26. The molecule has 2 aromatic carbocycles. The van der Waals surface area contributed by atoms with E-state index in [9.17, 15) is 5.26 Å². The van der Waals surface area contributed by atoms with E-state index in [-0.39, 0.29) is 0 Å². The Hall–Kier alpha value is -2.43. The summed E-state index contributed by atoms with van der Waals surface area (Å²) in [5.41, 5.74) is 3.14. The van der Waals surface area contributed by atoms with Crippen molar-refractivity contribution < 1.29 is 0 Å². The number of nitrogens with one attached hydrogen (secondary N) is 1. The van der Waals surface area contributed by atoms with Crippen LogP contribution in [0.2, 0.25) is 0 Å². The molecular formula is C16H13N3S. The lowest BCUT2D eigenvalue weighted by Crippen LogP contribution is -2.02. The molecule has 0 atom stereocenters. The van der Waals surface area contributed by atoms with E-state index in [0.29, 0.717) is 17.7 Å². The highest BCUT2D eigenvalue weighted by Gasteiger charge is 2.06. The van der Waals surface area contributed by atoms with Crippen LogP contribution in [0.5, 0.6) is 0 Å². The normalized spacial score (nSPS) is 9.55. The van der Waals surface area contributed by atoms with Gasteiger partial charge < -0.3 is 5.32 Å². The Labute approximate surface area is 122 Å². The Bertz CT molecular complexity index is 696. The van der Waals surface area contributed by atoms with Gasteiger partial charge in [0.25, 0.3) is 0 Å². The first-order valence-corrected chi connectivity index (χ1v) is 7.31. The highest BCUT2D eigenvalue weighted by atomic mass is 32.2. The van der Waals surface area contributed by atoms with Gasteiger partial charge in [0.15, 0.2) is 0 Å². The summed E-state index contributed by atoms with van der Waals surface area (Å²) >= 11 is 1.56. The highest BCUT2D eigenvalue weighted by molar-refractivity contribution is 7.98. The van der Waals surface area contributed by atoms with Gasteiger partial charge in [-0.25, -0.2) is 0 Å². The van der Waals surface area contributed by atoms with Crippen molar-refractivity contribution in [3.63, 3.8) is 0 Å². The highest BCUT2D eigenvalue weighted by Crippen LogP contribution is 2.26. The van der Waals surface area contributed by atoms with Crippen LogP contribution in [-0.4, -0.2) is 6.26 Å². The Morgan fingerprint density at radius 2 is 1.90 bits per heavy atom. The Morgan fingerprint density at radius 1 is 1.10 bits per heavy atom. The minimum absolute atomic E-state index is 0.585. The van der Waals surface area contributed by atoms with E-state index in [1.165, 1.54) is 0 Å². The lowest BCUT2D eigenvalue weighted by molar-refractivity contribution is 1.14. The van der Waals surface area contributed by atoms with Crippen molar-refractivity contribution >= 4 is 17.4 Å². The summed E-state index contributed by atoms with van der Waals surface area (Å²) in [4.78, 5) is 0.961. The summed E-state index contributed by atoms with van der Waals surface area (Å²) in [6.07, 6.45) is 1.95. The second-order valence-corrected chi connectivity index (χ2v) is 5.01. The van der Waals surface area contributed by atoms with E-state index in [1.54, 1.807) is 17.8 Å². The van der Waals surface area contributed by atoms with E-state index in [0.717, 1.165) is 16.1 Å². The summed E-state index contributed by atoms with van der Waals surface area (Å²) in [5.74, 6) is 0. The van der Waals surface area contributed by atoms with Crippen LogP contribution in [0, 0.1) is 22.7 Å². The van der Waals surface area contributed by atoms with Crippen molar-refractivity contribution in [1.82, 2.24) is 0 Å². The van der Waals surface area contributed by atoms with Crippen molar-refractivity contribution in [3.05, 3.63) is 59.2 Å². The first-order chi connectivity index (χ1) is 9.78. The Balaban J connectivity index is 2.19. The molecule has 1 N–H and O–H groups in total. The summed E-state index contributed by atoms with van der Waals surface area (Å²) in [5, 5.41) is 21.4. The molecule has 2 rings (SSSR count). The van der Waals surface area contributed by atoms with Gasteiger partial charge in [0, 0.05) is 11.4 Å². The second-order valence-electron chi connectivity index (χ2n) is 4.16. The first-order valence-electron chi connectivity index (χ1n) is 6.08. The van der Waals surface area contributed by atoms with Gasteiger partial charge in [-0.15, -0.1) is 11.8 Å². The molecule has 4 heteroatoms. The predicted octanol–water partition coefficient (Wildman–Crippen LogP) is 3.76. The van der Waals surface area contributed by atoms with Gasteiger partial charge in [-0.1, -0.05) is 18.2 Å². The number of benzene rings is 2. The zero-order valence-corrected chi connectivity index (χ0v) is 11.9. The SMILES string of the molecule is CSc1cccc(NCc2cccc(C#N)c2)c1C#N. The fourth-order valence-corrected chi connectivity index (χ4v) is 2.49. The van der Waals surface area contributed by atoms with Crippen LogP contribution in [0.1, 0.15) is 16.7 Å². The topological polar surface area (TPSA) is 59.6 Å². The summed E-state index contributed by atoms with van der Waals surface area (Å²) in [6, 6.07) is 17.6. The molecule has 0 bridgehead atoms. The largest absolute Gasteiger partial charge is 0.380 e. The van der Waals surface area contributed by atoms with E-state index >= 15 is 0 Å². The van der Waals surface area contributed by atoms with Crippen molar-refractivity contribution in [2.24, 2.45) is 0 Å². The maximum atomic E-state index is 9.26. The molecule has 0 aliphatic carbocycles. The van der Waals surface area contributed by atoms with Crippen molar-refractivity contribution in [2.45, 2.75) is 11.4 Å².